The standard InChI is InChI=1S/C8H16O2S/c1-8(2,3)7-4-5-11(9,10)6-7/h7H,4-6H2,1-3H3. The first-order valence-corrected chi connectivity index (χ1v) is 5.84. The molecule has 1 saturated heterocycles. The Bertz CT molecular complexity index is 233. The van der Waals surface area contributed by atoms with Gasteiger partial charge in [0.25, 0.3) is 0 Å². The fourth-order valence-electron chi connectivity index (χ4n) is 1.48. The molecule has 0 N–H and O–H groups in total. The van der Waals surface area contributed by atoms with Gasteiger partial charge in [-0.05, 0) is 17.8 Å². The largest absolute Gasteiger partial charge is 0.229 e. The Balaban J connectivity index is 2.70. The van der Waals surface area contributed by atoms with Gasteiger partial charge in [-0.15, -0.1) is 0 Å². The van der Waals surface area contributed by atoms with E-state index in [1.54, 1.807) is 0 Å². The Kier molecular flexibility index (Phi) is 2.03. The van der Waals surface area contributed by atoms with Gasteiger partial charge in [-0.1, -0.05) is 20.8 Å². The van der Waals surface area contributed by atoms with Crippen LogP contribution in [0.1, 0.15) is 27.2 Å². The van der Waals surface area contributed by atoms with Crippen molar-refractivity contribution in [2.24, 2.45) is 11.3 Å². The lowest BCUT2D eigenvalue weighted by Crippen LogP contribution is -2.21. The molecule has 1 aliphatic rings. The summed E-state index contributed by atoms with van der Waals surface area (Å²) < 4.78 is 22.2. The van der Waals surface area contributed by atoms with Crippen LogP contribution in [0.15, 0.2) is 0 Å². The fraction of sp³-hybridized carbons (Fsp3) is 1.00. The monoisotopic (exact) mass is 176 g/mol. The van der Waals surface area contributed by atoms with Crippen LogP contribution >= 0.6 is 0 Å². The van der Waals surface area contributed by atoms with E-state index in [-0.39, 0.29) is 5.41 Å². The third kappa shape index (κ3) is 2.19. The second kappa shape index (κ2) is 2.47. The van der Waals surface area contributed by atoms with Gasteiger partial charge in [0.05, 0.1) is 11.5 Å². The highest BCUT2D eigenvalue weighted by Crippen LogP contribution is 2.34. The maximum absolute atomic E-state index is 11.1. The molecule has 3 heteroatoms. The fourth-order valence-corrected chi connectivity index (χ4v) is 3.57. The molecule has 0 aromatic carbocycles. The highest BCUT2D eigenvalue weighted by atomic mass is 32.2. The average molecular weight is 176 g/mol. The summed E-state index contributed by atoms with van der Waals surface area (Å²) in [6.45, 7) is 6.33. The third-order valence-electron chi connectivity index (χ3n) is 2.46. The van der Waals surface area contributed by atoms with E-state index in [2.05, 4.69) is 20.8 Å². The molecular weight excluding hydrogens is 160 g/mol. The Hall–Kier alpha value is -0.0500. The lowest BCUT2D eigenvalue weighted by molar-refractivity contribution is 0.268. The van der Waals surface area contributed by atoms with Crippen LogP contribution in [-0.4, -0.2) is 19.9 Å². The highest BCUT2D eigenvalue weighted by Gasteiger charge is 2.35. The van der Waals surface area contributed by atoms with Gasteiger partial charge >= 0.3 is 0 Å². The minimum absolute atomic E-state index is 0.156. The van der Waals surface area contributed by atoms with Crippen molar-refractivity contribution in [1.82, 2.24) is 0 Å². The van der Waals surface area contributed by atoms with E-state index in [4.69, 9.17) is 0 Å². The van der Waals surface area contributed by atoms with Crippen LogP contribution in [0.5, 0.6) is 0 Å². The molecule has 0 aromatic rings. The molecule has 0 spiro atoms. The van der Waals surface area contributed by atoms with Crippen molar-refractivity contribution in [2.45, 2.75) is 27.2 Å². The zero-order valence-corrected chi connectivity index (χ0v) is 8.24. The maximum Gasteiger partial charge on any atom is 0.150 e. The molecule has 0 amide bonds. The first-order chi connectivity index (χ1) is 4.81. The molecule has 1 heterocycles. The van der Waals surface area contributed by atoms with E-state index in [0.717, 1.165) is 6.42 Å². The van der Waals surface area contributed by atoms with Gasteiger partial charge in [0.1, 0.15) is 0 Å². The van der Waals surface area contributed by atoms with E-state index < -0.39 is 9.84 Å². The van der Waals surface area contributed by atoms with Crippen LogP contribution in [0.25, 0.3) is 0 Å². The number of sulfone groups is 1. The molecule has 0 saturated carbocycles. The van der Waals surface area contributed by atoms with Crippen LogP contribution in [-0.2, 0) is 9.84 Å². The molecule has 11 heavy (non-hydrogen) atoms. The summed E-state index contributed by atoms with van der Waals surface area (Å²) in [6.07, 6.45) is 0.853. The number of hydrogen-bond acceptors (Lipinski definition) is 2. The van der Waals surface area contributed by atoms with Gasteiger partial charge in [0, 0.05) is 0 Å². The summed E-state index contributed by atoms with van der Waals surface area (Å²) in [4.78, 5) is 0. The SMILES string of the molecule is CC(C)(C)C1CCS(=O)(=O)C1. The van der Waals surface area contributed by atoms with E-state index in [1.807, 2.05) is 0 Å². The van der Waals surface area contributed by atoms with Gasteiger partial charge in [-0.2, -0.15) is 0 Å². The van der Waals surface area contributed by atoms with Gasteiger partial charge < -0.3 is 0 Å². The van der Waals surface area contributed by atoms with Crippen LogP contribution < -0.4 is 0 Å². The van der Waals surface area contributed by atoms with Crippen molar-refractivity contribution in [2.75, 3.05) is 11.5 Å². The zero-order valence-electron chi connectivity index (χ0n) is 7.42. The van der Waals surface area contributed by atoms with Gasteiger partial charge in [-0.3, -0.25) is 0 Å². The average Bonchev–Trinajstić information content (AvgIpc) is 2.07. The Labute approximate surface area is 68.9 Å². The predicted molar refractivity (Wildman–Crippen MR) is 46.2 cm³/mol. The lowest BCUT2D eigenvalue weighted by Gasteiger charge is -2.25. The molecular formula is C8H16O2S. The highest BCUT2D eigenvalue weighted by molar-refractivity contribution is 7.91. The summed E-state index contributed by atoms with van der Waals surface area (Å²) in [6, 6.07) is 0. The molecule has 0 aromatic heterocycles. The van der Waals surface area contributed by atoms with Crippen molar-refractivity contribution in [3.63, 3.8) is 0 Å². The Morgan fingerprint density at radius 2 is 1.82 bits per heavy atom. The Morgan fingerprint density at radius 1 is 1.27 bits per heavy atom. The lowest BCUT2D eigenvalue weighted by atomic mass is 9.81. The van der Waals surface area contributed by atoms with Gasteiger partial charge in [0.15, 0.2) is 9.84 Å². The molecule has 0 radical (unpaired) electrons. The minimum atomic E-state index is -2.68. The van der Waals surface area contributed by atoms with E-state index in [1.165, 1.54) is 0 Å². The van der Waals surface area contributed by atoms with Crippen LogP contribution in [0.2, 0.25) is 0 Å². The van der Waals surface area contributed by atoms with Crippen molar-refractivity contribution in [1.29, 1.82) is 0 Å². The summed E-state index contributed by atoms with van der Waals surface area (Å²) >= 11 is 0. The summed E-state index contributed by atoms with van der Waals surface area (Å²) in [5, 5.41) is 0. The normalized spacial score (nSPS) is 30.6. The van der Waals surface area contributed by atoms with Gasteiger partial charge in [0.2, 0.25) is 0 Å². The minimum Gasteiger partial charge on any atom is -0.229 e. The molecule has 1 rings (SSSR count). The molecule has 1 unspecified atom stereocenters. The molecule has 1 atom stereocenters. The van der Waals surface area contributed by atoms with E-state index >= 15 is 0 Å². The molecule has 1 aliphatic heterocycles. The first kappa shape index (κ1) is 9.04. The second-order valence-corrected chi connectivity index (χ2v) is 6.69. The zero-order chi connectivity index (χ0) is 8.70. The first-order valence-electron chi connectivity index (χ1n) is 4.02. The Morgan fingerprint density at radius 3 is 2.00 bits per heavy atom. The molecule has 66 valence electrons. The predicted octanol–water partition coefficient (Wildman–Crippen LogP) is 1.47. The van der Waals surface area contributed by atoms with E-state index in [0.29, 0.717) is 17.4 Å². The summed E-state index contributed by atoms with van der Waals surface area (Å²) in [5.41, 5.74) is 0.156. The van der Waals surface area contributed by atoms with Crippen LogP contribution in [0.4, 0.5) is 0 Å². The van der Waals surface area contributed by atoms with Crippen molar-refractivity contribution in [3.8, 4) is 0 Å². The number of hydrogen-bond donors (Lipinski definition) is 0. The molecule has 2 nitrogen and oxygen atoms in total. The smallest absolute Gasteiger partial charge is 0.150 e. The van der Waals surface area contributed by atoms with Crippen molar-refractivity contribution >= 4 is 9.84 Å². The topological polar surface area (TPSA) is 34.1 Å². The van der Waals surface area contributed by atoms with E-state index in [9.17, 15) is 8.42 Å². The molecule has 0 bridgehead atoms. The summed E-state index contributed by atoms with van der Waals surface area (Å²) in [7, 11) is -2.68. The summed E-state index contributed by atoms with van der Waals surface area (Å²) in [5.74, 6) is 1.17. The van der Waals surface area contributed by atoms with Crippen LogP contribution in [0, 0.1) is 11.3 Å². The molecule has 1 fully saturated rings. The third-order valence-corrected chi connectivity index (χ3v) is 4.23. The second-order valence-electron chi connectivity index (χ2n) is 4.47. The number of rotatable bonds is 0. The molecule has 0 aliphatic carbocycles. The quantitative estimate of drug-likeness (QED) is 0.560. The van der Waals surface area contributed by atoms with Crippen molar-refractivity contribution in [3.05, 3.63) is 0 Å². The maximum atomic E-state index is 11.1. The van der Waals surface area contributed by atoms with Crippen molar-refractivity contribution < 1.29 is 8.42 Å². The van der Waals surface area contributed by atoms with Crippen LogP contribution in [0.3, 0.4) is 0 Å². The van der Waals surface area contributed by atoms with Gasteiger partial charge in [-0.25, -0.2) is 8.42 Å².